The fraction of sp³-hybridized carbons (Fsp3) is 0.429. The van der Waals surface area contributed by atoms with Crippen LogP contribution >= 0.6 is 11.6 Å². The minimum Gasteiger partial charge on any atom is -0.344 e. The zero-order chi connectivity index (χ0) is 13.8. The van der Waals surface area contributed by atoms with Gasteiger partial charge in [0.1, 0.15) is 0 Å². The monoisotopic (exact) mass is 280 g/mol. The Balaban J connectivity index is 1.82. The first-order chi connectivity index (χ1) is 9.08. The van der Waals surface area contributed by atoms with Gasteiger partial charge in [0.15, 0.2) is 0 Å². The molecule has 2 rings (SSSR count). The highest BCUT2D eigenvalue weighted by Gasteiger charge is 2.24. The molecule has 19 heavy (non-hydrogen) atoms. The number of hydrogen-bond donors (Lipinski definition) is 1. The summed E-state index contributed by atoms with van der Waals surface area (Å²) >= 11 is 5.92. The van der Waals surface area contributed by atoms with Crippen molar-refractivity contribution in [1.29, 1.82) is 0 Å². The van der Waals surface area contributed by atoms with Gasteiger partial charge in [-0.2, -0.15) is 0 Å². The van der Waals surface area contributed by atoms with Crippen molar-refractivity contribution in [1.82, 2.24) is 10.2 Å². The molecule has 1 aliphatic rings. The molecule has 1 N–H and O–H groups in total. The predicted octanol–water partition coefficient (Wildman–Crippen LogP) is 1.94. The summed E-state index contributed by atoms with van der Waals surface area (Å²) in [6, 6.07) is 6.78. The fourth-order valence-corrected chi connectivity index (χ4v) is 2.04. The summed E-state index contributed by atoms with van der Waals surface area (Å²) in [4.78, 5) is 25.3. The number of amides is 2. The van der Waals surface area contributed by atoms with Gasteiger partial charge in [0.05, 0.1) is 17.1 Å². The standard InChI is InChI=1S/C14H17ClN2O2/c1-17(9-10-6-7-10)13(18)8-16-14(19)11-4-2-3-5-12(11)15/h2-5,10H,6-9H2,1H3,(H,16,19). The highest BCUT2D eigenvalue weighted by atomic mass is 35.5. The number of benzene rings is 1. The van der Waals surface area contributed by atoms with Gasteiger partial charge < -0.3 is 10.2 Å². The molecule has 0 unspecified atom stereocenters. The Kier molecular flexibility index (Phi) is 4.43. The Labute approximate surface area is 117 Å². The van der Waals surface area contributed by atoms with E-state index in [9.17, 15) is 9.59 Å². The molecule has 0 saturated heterocycles. The second-order valence-electron chi connectivity index (χ2n) is 4.88. The highest BCUT2D eigenvalue weighted by molar-refractivity contribution is 6.33. The quantitative estimate of drug-likeness (QED) is 0.896. The van der Waals surface area contributed by atoms with Crippen LogP contribution in [0.5, 0.6) is 0 Å². The molecule has 1 aliphatic carbocycles. The topological polar surface area (TPSA) is 49.4 Å². The normalized spacial score (nSPS) is 14.0. The van der Waals surface area contributed by atoms with E-state index in [1.165, 1.54) is 12.8 Å². The average Bonchev–Trinajstić information content (AvgIpc) is 3.20. The maximum Gasteiger partial charge on any atom is 0.253 e. The van der Waals surface area contributed by atoms with Crippen molar-refractivity contribution >= 4 is 23.4 Å². The summed E-state index contributed by atoms with van der Waals surface area (Å²) in [5, 5.41) is 2.99. The van der Waals surface area contributed by atoms with Crippen LogP contribution in [0.3, 0.4) is 0 Å². The van der Waals surface area contributed by atoms with Crippen LogP contribution in [0.1, 0.15) is 23.2 Å². The number of rotatable bonds is 5. The Hall–Kier alpha value is -1.55. The summed E-state index contributed by atoms with van der Waals surface area (Å²) in [6.07, 6.45) is 2.40. The maximum absolute atomic E-state index is 11.9. The predicted molar refractivity (Wildman–Crippen MR) is 74.1 cm³/mol. The fourth-order valence-electron chi connectivity index (χ4n) is 1.82. The van der Waals surface area contributed by atoms with Crippen molar-refractivity contribution in [2.45, 2.75) is 12.8 Å². The second-order valence-corrected chi connectivity index (χ2v) is 5.29. The molecule has 1 aromatic carbocycles. The maximum atomic E-state index is 11.9. The smallest absolute Gasteiger partial charge is 0.253 e. The van der Waals surface area contributed by atoms with Gasteiger partial charge in [-0.15, -0.1) is 0 Å². The van der Waals surface area contributed by atoms with Gasteiger partial charge >= 0.3 is 0 Å². The van der Waals surface area contributed by atoms with Crippen LogP contribution in [0.2, 0.25) is 5.02 Å². The Morgan fingerprint density at radius 3 is 2.68 bits per heavy atom. The third-order valence-corrected chi connectivity index (χ3v) is 3.50. The van der Waals surface area contributed by atoms with E-state index in [2.05, 4.69) is 5.32 Å². The number of nitrogens with zero attached hydrogens (tertiary/aromatic N) is 1. The van der Waals surface area contributed by atoms with Crippen molar-refractivity contribution in [3.05, 3.63) is 34.9 Å². The minimum atomic E-state index is -0.321. The Morgan fingerprint density at radius 1 is 1.37 bits per heavy atom. The lowest BCUT2D eigenvalue weighted by Crippen LogP contribution is -2.39. The van der Waals surface area contributed by atoms with Crippen LogP contribution in [-0.4, -0.2) is 36.9 Å². The number of nitrogens with one attached hydrogen (secondary N) is 1. The van der Waals surface area contributed by atoms with E-state index in [0.29, 0.717) is 16.5 Å². The molecule has 4 nitrogen and oxygen atoms in total. The molecular formula is C14H17ClN2O2. The lowest BCUT2D eigenvalue weighted by molar-refractivity contribution is -0.129. The van der Waals surface area contributed by atoms with Crippen LogP contribution in [-0.2, 0) is 4.79 Å². The third kappa shape index (κ3) is 3.96. The Morgan fingerprint density at radius 2 is 2.05 bits per heavy atom. The molecule has 102 valence electrons. The van der Waals surface area contributed by atoms with E-state index >= 15 is 0 Å². The molecule has 1 aromatic rings. The van der Waals surface area contributed by atoms with E-state index in [0.717, 1.165) is 6.54 Å². The zero-order valence-corrected chi connectivity index (χ0v) is 11.6. The van der Waals surface area contributed by atoms with Gasteiger partial charge in [-0.1, -0.05) is 23.7 Å². The lowest BCUT2D eigenvalue weighted by atomic mass is 10.2. The summed E-state index contributed by atoms with van der Waals surface area (Å²) in [5.74, 6) is 0.249. The summed E-state index contributed by atoms with van der Waals surface area (Å²) in [6.45, 7) is 0.786. The number of hydrogen-bond acceptors (Lipinski definition) is 2. The van der Waals surface area contributed by atoms with E-state index in [1.807, 2.05) is 0 Å². The zero-order valence-electron chi connectivity index (χ0n) is 10.9. The third-order valence-electron chi connectivity index (χ3n) is 3.17. The molecular weight excluding hydrogens is 264 g/mol. The molecule has 0 bridgehead atoms. The first-order valence-electron chi connectivity index (χ1n) is 6.34. The SMILES string of the molecule is CN(CC1CC1)C(=O)CNC(=O)c1ccccc1Cl. The molecule has 0 radical (unpaired) electrons. The summed E-state index contributed by atoms with van der Waals surface area (Å²) in [7, 11) is 1.77. The molecule has 0 aromatic heterocycles. The molecule has 0 atom stereocenters. The molecule has 0 heterocycles. The largest absolute Gasteiger partial charge is 0.344 e. The number of halogens is 1. The number of likely N-dealkylation sites (N-methyl/N-ethyl adjacent to an activating group) is 1. The highest BCUT2D eigenvalue weighted by Crippen LogP contribution is 2.29. The van der Waals surface area contributed by atoms with Gasteiger partial charge in [-0.25, -0.2) is 0 Å². The van der Waals surface area contributed by atoms with Crippen LogP contribution in [0, 0.1) is 5.92 Å². The lowest BCUT2D eigenvalue weighted by Gasteiger charge is -2.17. The molecule has 0 aliphatic heterocycles. The first-order valence-corrected chi connectivity index (χ1v) is 6.72. The van der Waals surface area contributed by atoms with Crippen molar-refractivity contribution in [3.8, 4) is 0 Å². The van der Waals surface area contributed by atoms with E-state index in [4.69, 9.17) is 11.6 Å². The van der Waals surface area contributed by atoms with Gasteiger partial charge in [0.25, 0.3) is 5.91 Å². The molecule has 2 amide bonds. The molecule has 1 saturated carbocycles. The average molecular weight is 281 g/mol. The summed E-state index contributed by atoms with van der Waals surface area (Å²) in [5.41, 5.74) is 0.391. The van der Waals surface area contributed by atoms with Gasteiger partial charge in [0.2, 0.25) is 5.91 Å². The molecule has 5 heteroatoms. The van der Waals surface area contributed by atoms with Crippen LogP contribution in [0.25, 0.3) is 0 Å². The second kappa shape index (κ2) is 6.06. The van der Waals surface area contributed by atoms with Crippen molar-refractivity contribution in [3.63, 3.8) is 0 Å². The molecule has 1 fully saturated rings. The van der Waals surface area contributed by atoms with Crippen LogP contribution < -0.4 is 5.32 Å². The first kappa shape index (κ1) is 13.9. The van der Waals surface area contributed by atoms with E-state index < -0.39 is 0 Å². The van der Waals surface area contributed by atoms with E-state index in [-0.39, 0.29) is 18.4 Å². The minimum absolute atomic E-state index is 0.00722. The summed E-state index contributed by atoms with van der Waals surface area (Å²) < 4.78 is 0. The van der Waals surface area contributed by atoms with Gasteiger partial charge in [0, 0.05) is 13.6 Å². The van der Waals surface area contributed by atoms with Crippen molar-refractivity contribution in [2.75, 3.05) is 20.1 Å². The number of carbonyl (C=O) groups excluding carboxylic acids is 2. The van der Waals surface area contributed by atoms with Crippen molar-refractivity contribution in [2.24, 2.45) is 5.92 Å². The number of carbonyl (C=O) groups is 2. The van der Waals surface area contributed by atoms with Crippen molar-refractivity contribution < 1.29 is 9.59 Å². The molecule has 0 spiro atoms. The van der Waals surface area contributed by atoms with Gasteiger partial charge in [-0.3, -0.25) is 9.59 Å². The Bertz CT molecular complexity index is 486. The van der Waals surface area contributed by atoms with Gasteiger partial charge in [-0.05, 0) is 30.9 Å². The van der Waals surface area contributed by atoms with E-state index in [1.54, 1.807) is 36.2 Å². The van der Waals surface area contributed by atoms with Crippen LogP contribution in [0.15, 0.2) is 24.3 Å². The van der Waals surface area contributed by atoms with Crippen LogP contribution in [0.4, 0.5) is 0 Å².